The molecule has 0 bridgehead atoms. The quantitative estimate of drug-likeness (QED) is 0.285. The molecule has 0 aromatic heterocycles. The molecule has 0 saturated carbocycles. The van der Waals surface area contributed by atoms with Crippen LogP contribution in [0.3, 0.4) is 0 Å². The SMILES string of the molecule is C=C(C)C(C(C)=O)N(N)C(C)=O. The van der Waals surface area contributed by atoms with E-state index < -0.39 is 6.04 Å². The minimum atomic E-state index is -0.692. The van der Waals surface area contributed by atoms with Crippen molar-refractivity contribution in [3.8, 4) is 0 Å². The zero-order valence-corrected chi connectivity index (χ0v) is 7.63. The van der Waals surface area contributed by atoms with Gasteiger partial charge in [0.2, 0.25) is 5.91 Å². The highest BCUT2D eigenvalue weighted by molar-refractivity contribution is 5.88. The van der Waals surface area contributed by atoms with Gasteiger partial charge < -0.3 is 0 Å². The number of hydrogen-bond donors (Lipinski definition) is 1. The van der Waals surface area contributed by atoms with Crippen molar-refractivity contribution in [1.29, 1.82) is 0 Å². The Balaban J connectivity index is 4.63. The van der Waals surface area contributed by atoms with E-state index >= 15 is 0 Å². The molecule has 1 amide bonds. The summed E-state index contributed by atoms with van der Waals surface area (Å²) in [5.41, 5.74) is 0.570. The molecule has 0 aliphatic heterocycles. The number of rotatable bonds is 3. The summed E-state index contributed by atoms with van der Waals surface area (Å²) in [7, 11) is 0. The van der Waals surface area contributed by atoms with E-state index in [1.54, 1.807) is 6.92 Å². The van der Waals surface area contributed by atoms with Gasteiger partial charge in [0.15, 0.2) is 5.78 Å². The van der Waals surface area contributed by atoms with Gasteiger partial charge in [-0.25, -0.2) is 5.84 Å². The van der Waals surface area contributed by atoms with Gasteiger partial charge in [-0.15, -0.1) is 0 Å². The highest BCUT2D eigenvalue weighted by atomic mass is 16.2. The Labute approximate surface area is 72.0 Å². The summed E-state index contributed by atoms with van der Waals surface area (Å²) in [5, 5.41) is 0.894. The van der Waals surface area contributed by atoms with Crippen molar-refractivity contribution in [2.75, 3.05) is 0 Å². The molecule has 68 valence electrons. The Kier molecular flexibility index (Phi) is 3.63. The molecule has 12 heavy (non-hydrogen) atoms. The number of ketones is 1. The lowest BCUT2D eigenvalue weighted by Gasteiger charge is -2.24. The average Bonchev–Trinajstić information content (AvgIpc) is 1.85. The fraction of sp³-hybridized carbons (Fsp3) is 0.500. The predicted octanol–water partition coefficient (Wildman–Crippen LogP) is 0.242. The van der Waals surface area contributed by atoms with Gasteiger partial charge in [-0.05, 0) is 19.4 Å². The van der Waals surface area contributed by atoms with Gasteiger partial charge in [0.25, 0.3) is 0 Å². The first kappa shape index (κ1) is 10.8. The fourth-order valence-corrected chi connectivity index (χ4v) is 0.962. The first-order valence-corrected chi connectivity index (χ1v) is 3.58. The molecule has 0 rings (SSSR count). The van der Waals surface area contributed by atoms with Gasteiger partial charge in [-0.1, -0.05) is 6.58 Å². The Hall–Kier alpha value is -1.16. The van der Waals surface area contributed by atoms with Gasteiger partial charge >= 0.3 is 0 Å². The van der Waals surface area contributed by atoms with Gasteiger partial charge in [0.1, 0.15) is 6.04 Å². The molecule has 4 nitrogen and oxygen atoms in total. The van der Waals surface area contributed by atoms with E-state index in [0.717, 1.165) is 5.01 Å². The molecule has 1 unspecified atom stereocenters. The number of hydrogen-bond acceptors (Lipinski definition) is 3. The van der Waals surface area contributed by atoms with Crippen LogP contribution in [0.2, 0.25) is 0 Å². The van der Waals surface area contributed by atoms with Gasteiger partial charge in [-0.3, -0.25) is 14.6 Å². The smallest absolute Gasteiger partial charge is 0.234 e. The molecule has 2 N–H and O–H groups in total. The summed E-state index contributed by atoms with van der Waals surface area (Å²) in [5.74, 6) is 4.84. The highest BCUT2D eigenvalue weighted by Crippen LogP contribution is 2.05. The number of amides is 1. The maximum atomic E-state index is 11.0. The number of nitrogens with two attached hydrogens (primary N) is 1. The maximum Gasteiger partial charge on any atom is 0.234 e. The van der Waals surface area contributed by atoms with E-state index in [2.05, 4.69) is 6.58 Å². The van der Waals surface area contributed by atoms with Crippen molar-refractivity contribution in [2.24, 2.45) is 5.84 Å². The van der Waals surface area contributed by atoms with Crippen molar-refractivity contribution >= 4 is 11.7 Å². The van der Waals surface area contributed by atoms with E-state index in [-0.39, 0.29) is 11.7 Å². The van der Waals surface area contributed by atoms with Crippen LogP contribution in [0, 0.1) is 0 Å². The molecule has 0 aromatic rings. The summed E-state index contributed by atoms with van der Waals surface area (Å²) < 4.78 is 0. The van der Waals surface area contributed by atoms with E-state index in [4.69, 9.17) is 5.84 Å². The normalized spacial score (nSPS) is 12.0. The summed E-state index contributed by atoms with van der Waals surface area (Å²) in [6.45, 7) is 7.93. The molecular weight excluding hydrogens is 156 g/mol. The van der Waals surface area contributed by atoms with E-state index in [1.807, 2.05) is 0 Å². The molecule has 0 radical (unpaired) electrons. The zero-order valence-electron chi connectivity index (χ0n) is 7.63. The number of carbonyl (C=O) groups excluding carboxylic acids is 2. The minimum Gasteiger partial charge on any atom is -0.297 e. The van der Waals surface area contributed by atoms with Crippen molar-refractivity contribution in [2.45, 2.75) is 26.8 Å². The second-order valence-corrected chi connectivity index (χ2v) is 2.79. The van der Waals surface area contributed by atoms with Crippen molar-refractivity contribution < 1.29 is 9.59 Å². The lowest BCUT2D eigenvalue weighted by atomic mass is 10.1. The average molecular weight is 170 g/mol. The second kappa shape index (κ2) is 4.01. The lowest BCUT2D eigenvalue weighted by Crippen LogP contribution is -2.48. The first-order chi connectivity index (χ1) is 5.37. The third kappa shape index (κ3) is 2.47. The largest absolute Gasteiger partial charge is 0.297 e. The molecule has 0 spiro atoms. The Morgan fingerprint density at radius 3 is 1.83 bits per heavy atom. The molecule has 4 heteroatoms. The molecule has 1 atom stereocenters. The second-order valence-electron chi connectivity index (χ2n) is 2.79. The van der Waals surface area contributed by atoms with Crippen molar-refractivity contribution in [1.82, 2.24) is 5.01 Å². The summed E-state index contributed by atoms with van der Waals surface area (Å²) in [4.78, 5) is 21.8. The van der Waals surface area contributed by atoms with Gasteiger partial charge in [-0.2, -0.15) is 0 Å². The lowest BCUT2D eigenvalue weighted by molar-refractivity contribution is -0.136. The monoisotopic (exact) mass is 170 g/mol. The Morgan fingerprint density at radius 2 is 1.75 bits per heavy atom. The number of Topliss-reactive ketones (excluding diaryl/α,β-unsaturated/α-hetero) is 1. The predicted molar refractivity (Wildman–Crippen MR) is 46.0 cm³/mol. The summed E-state index contributed by atoms with van der Waals surface area (Å²) in [6.07, 6.45) is 0. The van der Waals surface area contributed by atoms with Gasteiger partial charge in [0, 0.05) is 6.92 Å². The van der Waals surface area contributed by atoms with Crippen LogP contribution in [-0.2, 0) is 9.59 Å². The molecule has 0 aromatic carbocycles. The van der Waals surface area contributed by atoms with Crippen LogP contribution in [0.1, 0.15) is 20.8 Å². The van der Waals surface area contributed by atoms with Crippen LogP contribution < -0.4 is 5.84 Å². The minimum absolute atomic E-state index is 0.180. The van der Waals surface area contributed by atoms with Crippen molar-refractivity contribution in [3.05, 3.63) is 12.2 Å². The topological polar surface area (TPSA) is 63.4 Å². The van der Waals surface area contributed by atoms with Crippen molar-refractivity contribution in [3.63, 3.8) is 0 Å². The van der Waals surface area contributed by atoms with Crippen LogP contribution in [-0.4, -0.2) is 22.7 Å². The zero-order chi connectivity index (χ0) is 9.89. The molecule has 0 aliphatic carbocycles. The van der Waals surface area contributed by atoms with E-state index in [0.29, 0.717) is 5.57 Å². The number of carbonyl (C=O) groups is 2. The summed E-state index contributed by atoms with van der Waals surface area (Å²) >= 11 is 0. The van der Waals surface area contributed by atoms with Crippen LogP contribution in [0.4, 0.5) is 0 Å². The van der Waals surface area contributed by atoms with Crippen LogP contribution in [0.5, 0.6) is 0 Å². The van der Waals surface area contributed by atoms with Crippen LogP contribution in [0.15, 0.2) is 12.2 Å². The number of hydrazine groups is 1. The summed E-state index contributed by atoms with van der Waals surface area (Å²) in [6, 6.07) is -0.692. The highest BCUT2D eigenvalue weighted by Gasteiger charge is 2.22. The number of nitrogens with zero attached hydrogens (tertiary/aromatic N) is 1. The first-order valence-electron chi connectivity index (χ1n) is 3.58. The molecular formula is C8H14N2O2. The Morgan fingerprint density at radius 1 is 1.33 bits per heavy atom. The molecule has 0 saturated heterocycles. The van der Waals surface area contributed by atoms with Crippen LogP contribution in [0.25, 0.3) is 0 Å². The third-order valence-corrected chi connectivity index (χ3v) is 1.49. The standard InChI is InChI=1S/C8H14N2O2/c1-5(2)8(6(3)11)10(9)7(4)12/h8H,1,9H2,2-4H3. The molecule has 0 fully saturated rings. The molecule has 0 aliphatic rings. The third-order valence-electron chi connectivity index (χ3n) is 1.49. The fourth-order valence-electron chi connectivity index (χ4n) is 0.962. The Bertz CT molecular complexity index is 209. The maximum absolute atomic E-state index is 11.0. The van der Waals surface area contributed by atoms with E-state index in [9.17, 15) is 9.59 Å². The van der Waals surface area contributed by atoms with Crippen LogP contribution >= 0.6 is 0 Å². The molecule has 0 heterocycles. The van der Waals surface area contributed by atoms with Gasteiger partial charge in [0.05, 0.1) is 0 Å². The van der Waals surface area contributed by atoms with E-state index in [1.165, 1.54) is 13.8 Å².